The first kappa shape index (κ1) is 44.4. The van der Waals surface area contributed by atoms with E-state index in [0.29, 0.717) is 47.0 Å². The number of fused-ring (bicyclic) bond motifs is 2. The minimum absolute atomic E-state index is 0.0467. The van der Waals surface area contributed by atoms with Crippen LogP contribution in [0.4, 0.5) is 0 Å². The molecule has 0 bridgehead atoms. The summed E-state index contributed by atoms with van der Waals surface area (Å²) in [7, 11) is 0. The SMILES string of the molecule is O=c1cc(C2CCCCC2)oc2ccc(OCCCCCCN3CCCCC3)cc12.O=c1cc(C2CCCCC2)oc2ccc(OCCCCCCN3CCOCC3)cc12. The van der Waals surface area contributed by atoms with Crippen molar-refractivity contribution >= 4 is 21.9 Å². The number of unbranched alkanes of at least 4 members (excludes halogenated alkanes) is 6. The fraction of sp³-hybridized carbons (Fsp3) is 0.647. The molecule has 2 saturated heterocycles. The molecule has 60 heavy (non-hydrogen) atoms. The summed E-state index contributed by atoms with van der Waals surface area (Å²) in [6, 6.07) is 14.8. The average Bonchev–Trinajstić information content (AvgIpc) is 3.30. The van der Waals surface area contributed by atoms with Crippen LogP contribution in [0.3, 0.4) is 0 Å². The van der Waals surface area contributed by atoms with E-state index in [1.54, 1.807) is 12.1 Å². The van der Waals surface area contributed by atoms with Crippen molar-refractivity contribution in [2.24, 2.45) is 0 Å². The van der Waals surface area contributed by atoms with Crippen LogP contribution in [0.5, 0.6) is 11.5 Å². The molecule has 0 amide bonds. The fourth-order valence-corrected chi connectivity index (χ4v) is 9.63. The van der Waals surface area contributed by atoms with Gasteiger partial charge in [0.25, 0.3) is 0 Å². The number of benzene rings is 2. The van der Waals surface area contributed by atoms with Crippen molar-refractivity contribution in [1.29, 1.82) is 0 Å². The molecule has 8 rings (SSSR count). The molecule has 328 valence electrons. The lowest BCUT2D eigenvalue weighted by molar-refractivity contribution is 0.0371. The number of ether oxygens (including phenoxy) is 3. The van der Waals surface area contributed by atoms with E-state index in [1.165, 1.54) is 122 Å². The van der Waals surface area contributed by atoms with E-state index in [9.17, 15) is 9.59 Å². The van der Waals surface area contributed by atoms with Gasteiger partial charge in [-0.1, -0.05) is 70.6 Å². The molecule has 2 aliphatic heterocycles. The zero-order chi connectivity index (χ0) is 41.2. The smallest absolute Gasteiger partial charge is 0.193 e. The lowest BCUT2D eigenvalue weighted by Crippen LogP contribution is -2.36. The van der Waals surface area contributed by atoms with E-state index in [1.807, 2.05) is 36.4 Å². The molecule has 0 unspecified atom stereocenters. The normalized spacial score (nSPS) is 18.7. The molecule has 0 atom stereocenters. The van der Waals surface area contributed by atoms with Crippen LogP contribution >= 0.6 is 0 Å². The van der Waals surface area contributed by atoms with E-state index in [2.05, 4.69) is 9.80 Å². The predicted molar refractivity (Wildman–Crippen MR) is 242 cm³/mol. The van der Waals surface area contributed by atoms with Crippen LogP contribution in [0.1, 0.15) is 158 Å². The van der Waals surface area contributed by atoms with Gasteiger partial charge in [0.1, 0.15) is 34.2 Å². The second kappa shape index (κ2) is 24.1. The topological polar surface area (TPSA) is 94.6 Å². The molecule has 2 aromatic carbocycles. The molecule has 0 radical (unpaired) electrons. The Labute approximate surface area is 358 Å². The van der Waals surface area contributed by atoms with Crippen LogP contribution in [-0.4, -0.2) is 75.5 Å². The molecule has 0 N–H and O–H groups in total. The molecule has 2 aromatic heterocycles. The van der Waals surface area contributed by atoms with Crippen LogP contribution < -0.4 is 20.3 Å². The number of morpholine rings is 1. The van der Waals surface area contributed by atoms with Gasteiger partial charge in [0.05, 0.1) is 37.2 Å². The fourth-order valence-electron chi connectivity index (χ4n) is 9.63. The van der Waals surface area contributed by atoms with Gasteiger partial charge in [-0.05, 0) is 127 Å². The Kier molecular flexibility index (Phi) is 17.8. The highest BCUT2D eigenvalue weighted by Gasteiger charge is 2.21. The maximum atomic E-state index is 12.7. The van der Waals surface area contributed by atoms with Crippen molar-refractivity contribution in [3.8, 4) is 11.5 Å². The Bertz CT molecular complexity index is 1840. The van der Waals surface area contributed by atoms with Crippen molar-refractivity contribution in [2.75, 3.05) is 65.7 Å². The van der Waals surface area contributed by atoms with Crippen LogP contribution in [0.2, 0.25) is 0 Å². The van der Waals surface area contributed by atoms with Gasteiger partial charge in [-0.25, -0.2) is 0 Å². The van der Waals surface area contributed by atoms with Gasteiger partial charge in [-0.15, -0.1) is 0 Å². The summed E-state index contributed by atoms with van der Waals surface area (Å²) in [4.78, 5) is 30.4. The summed E-state index contributed by atoms with van der Waals surface area (Å²) < 4.78 is 29.4. The summed E-state index contributed by atoms with van der Waals surface area (Å²) in [5.74, 6) is 4.06. The van der Waals surface area contributed by atoms with Crippen LogP contribution in [0, 0.1) is 0 Å². The van der Waals surface area contributed by atoms with Crippen LogP contribution in [0.25, 0.3) is 21.9 Å². The maximum Gasteiger partial charge on any atom is 0.193 e. The Morgan fingerprint density at radius 3 is 1.40 bits per heavy atom. The monoisotopic (exact) mass is 825 g/mol. The van der Waals surface area contributed by atoms with E-state index in [-0.39, 0.29) is 10.9 Å². The molecule has 0 spiro atoms. The molecular formula is C51H72N2O7. The van der Waals surface area contributed by atoms with Gasteiger partial charge in [0.2, 0.25) is 0 Å². The van der Waals surface area contributed by atoms with Crippen molar-refractivity contribution < 1.29 is 23.0 Å². The number of likely N-dealkylation sites (tertiary alicyclic amines) is 1. The highest BCUT2D eigenvalue weighted by atomic mass is 16.5. The molecular weight excluding hydrogens is 753 g/mol. The number of hydrogen-bond donors (Lipinski definition) is 0. The van der Waals surface area contributed by atoms with Gasteiger partial charge in [0.15, 0.2) is 10.9 Å². The Morgan fingerprint density at radius 1 is 0.483 bits per heavy atom. The lowest BCUT2D eigenvalue weighted by atomic mass is 9.87. The highest BCUT2D eigenvalue weighted by molar-refractivity contribution is 5.79. The van der Waals surface area contributed by atoms with E-state index < -0.39 is 0 Å². The Morgan fingerprint density at radius 2 is 0.917 bits per heavy atom. The Balaban J connectivity index is 0.000000181. The molecule has 9 nitrogen and oxygen atoms in total. The number of nitrogens with zero attached hydrogens (tertiary/aromatic N) is 2. The standard InChI is InChI=1S/C26H37NO3.C25H35NO4/c28-24-20-26(21-11-5-3-6-12-21)30-25-14-13-22(19-23(24)25)29-18-10-2-1-7-15-27-16-8-4-9-17-27;27-23-19-25(20-8-4-3-5-9-20)30-24-11-10-21(18-22(23)24)29-15-7-2-1-6-12-26-13-16-28-17-14-26/h13-14,19-21H,1-12,15-18H2;10-11,18-20H,1-9,12-17H2. The largest absolute Gasteiger partial charge is 0.494 e. The van der Waals surface area contributed by atoms with Crippen LogP contribution in [0.15, 0.2) is 67.0 Å². The van der Waals surface area contributed by atoms with Gasteiger partial charge in [-0.2, -0.15) is 0 Å². The second-order valence-electron chi connectivity index (χ2n) is 17.9. The van der Waals surface area contributed by atoms with E-state index in [0.717, 1.165) is 87.8 Å². The maximum absolute atomic E-state index is 12.7. The molecule has 4 aliphatic rings. The van der Waals surface area contributed by atoms with Crippen molar-refractivity contribution in [2.45, 2.75) is 147 Å². The summed E-state index contributed by atoms with van der Waals surface area (Å²) in [5.41, 5.74) is 1.47. The van der Waals surface area contributed by atoms with E-state index in [4.69, 9.17) is 23.0 Å². The first-order chi connectivity index (χ1) is 29.6. The molecule has 4 heterocycles. The van der Waals surface area contributed by atoms with Gasteiger partial charge >= 0.3 is 0 Å². The van der Waals surface area contributed by atoms with E-state index >= 15 is 0 Å². The third-order valence-corrected chi connectivity index (χ3v) is 13.3. The predicted octanol–water partition coefficient (Wildman–Crippen LogP) is 11.4. The summed E-state index contributed by atoms with van der Waals surface area (Å²) in [6.07, 6.45) is 25.7. The average molecular weight is 825 g/mol. The minimum atomic E-state index is 0.0467. The van der Waals surface area contributed by atoms with Gasteiger partial charge in [-0.3, -0.25) is 14.5 Å². The highest BCUT2D eigenvalue weighted by Crippen LogP contribution is 2.35. The number of piperidine rings is 1. The lowest BCUT2D eigenvalue weighted by Gasteiger charge is -2.26. The third-order valence-electron chi connectivity index (χ3n) is 13.3. The molecule has 4 fully saturated rings. The summed E-state index contributed by atoms with van der Waals surface area (Å²) in [5, 5.41) is 1.26. The Hall–Kier alpha value is -3.66. The third kappa shape index (κ3) is 13.7. The molecule has 9 heteroatoms. The number of rotatable bonds is 18. The quantitative estimate of drug-likeness (QED) is 0.0909. The summed E-state index contributed by atoms with van der Waals surface area (Å²) in [6.45, 7) is 10.3. The van der Waals surface area contributed by atoms with Crippen LogP contribution in [-0.2, 0) is 4.74 Å². The van der Waals surface area contributed by atoms with Gasteiger partial charge < -0.3 is 27.9 Å². The van der Waals surface area contributed by atoms with Crippen molar-refractivity contribution in [1.82, 2.24) is 9.80 Å². The first-order valence-electron chi connectivity index (χ1n) is 24.0. The molecule has 4 aromatic rings. The second-order valence-corrected chi connectivity index (χ2v) is 17.9. The van der Waals surface area contributed by atoms with Crippen molar-refractivity contribution in [3.63, 3.8) is 0 Å². The zero-order valence-corrected chi connectivity index (χ0v) is 36.4. The van der Waals surface area contributed by atoms with Crippen molar-refractivity contribution in [3.05, 3.63) is 80.5 Å². The van der Waals surface area contributed by atoms with Gasteiger partial charge in [0, 0.05) is 37.1 Å². The number of hydrogen-bond acceptors (Lipinski definition) is 9. The summed E-state index contributed by atoms with van der Waals surface area (Å²) >= 11 is 0. The molecule has 2 aliphatic carbocycles. The first-order valence-corrected chi connectivity index (χ1v) is 24.0. The molecule has 2 saturated carbocycles. The minimum Gasteiger partial charge on any atom is -0.494 e. The zero-order valence-electron chi connectivity index (χ0n) is 36.4.